The van der Waals surface area contributed by atoms with Crippen LogP contribution in [-0.4, -0.2) is 56.6 Å². The summed E-state index contributed by atoms with van der Waals surface area (Å²) in [6, 6.07) is 19.2. The number of ether oxygens (including phenoxy) is 2. The summed E-state index contributed by atoms with van der Waals surface area (Å²) in [7, 11) is 0. The molecular formula is C41H39ClN6O4. The highest BCUT2D eigenvalue weighted by Gasteiger charge is 2.29. The van der Waals surface area contributed by atoms with Crippen LogP contribution >= 0.6 is 11.6 Å². The van der Waals surface area contributed by atoms with Crippen LogP contribution in [0, 0.1) is 18.3 Å². The van der Waals surface area contributed by atoms with Crippen molar-refractivity contribution in [3.05, 3.63) is 118 Å². The largest absolute Gasteiger partial charge is 0.488 e. The first-order valence-electron chi connectivity index (χ1n) is 17.5. The molecule has 11 heteroatoms. The molecule has 264 valence electrons. The van der Waals surface area contributed by atoms with Gasteiger partial charge in [0.05, 0.1) is 33.5 Å². The molecule has 2 aliphatic rings. The topological polar surface area (TPSA) is 133 Å². The lowest BCUT2D eigenvalue weighted by Crippen LogP contribution is -2.44. The summed E-state index contributed by atoms with van der Waals surface area (Å²) in [5.41, 5.74) is 9.95. The number of carboxylic acids is 1. The van der Waals surface area contributed by atoms with Crippen LogP contribution in [0.5, 0.6) is 11.5 Å². The van der Waals surface area contributed by atoms with Gasteiger partial charge in [0.15, 0.2) is 0 Å². The molecule has 1 unspecified atom stereocenters. The number of carboxylic acid groups (broad SMARTS) is 1. The number of nitrogens with one attached hydrogen (secondary N) is 1. The van der Waals surface area contributed by atoms with Crippen LogP contribution in [-0.2, 0) is 24.6 Å². The third-order valence-corrected chi connectivity index (χ3v) is 10.1. The number of pyridine rings is 1. The molecule has 1 atom stereocenters. The van der Waals surface area contributed by atoms with E-state index in [1.165, 1.54) is 11.8 Å². The van der Waals surface area contributed by atoms with Crippen LogP contribution in [0.2, 0.25) is 5.02 Å². The van der Waals surface area contributed by atoms with Crippen LogP contribution in [0.25, 0.3) is 27.7 Å². The third-order valence-electron chi connectivity index (χ3n) is 9.78. The summed E-state index contributed by atoms with van der Waals surface area (Å²) in [6.45, 7) is 5.30. The van der Waals surface area contributed by atoms with Gasteiger partial charge in [-0.25, -0.2) is 4.98 Å². The summed E-state index contributed by atoms with van der Waals surface area (Å²) in [4.78, 5) is 27.8. The zero-order valence-corrected chi connectivity index (χ0v) is 29.7. The number of halogens is 1. The Kier molecular flexibility index (Phi) is 10.7. The Labute approximate surface area is 307 Å². The molecule has 52 heavy (non-hydrogen) atoms. The average Bonchev–Trinajstić information content (AvgIpc) is 3.17. The second kappa shape index (κ2) is 15.9. The summed E-state index contributed by atoms with van der Waals surface area (Å²) in [5.74, 6) is 0.142. The minimum Gasteiger partial charge on any atom is -0.488 e. The van der Waals surface area contributed by atoms with E-state index < -0.39 is 12.0 Å². The van der Waals surface area contributed by atoms with Gasteiger partial charge in [-0.05, 0) is 91.4 Å². The molecule has 5 aromatic rings. The first kappa shape index (κ1) is 35.1. The Morgan fingerprint density at radius 1 is 1.04 bits per heavy atom. The number of rotatable bonds is 11. The SMILES string of the molecule is Cc1c(COc2cc(OCc3cncc(C#N)c3)c(CN3CCCCC3C(=O)O)cc2Cl)cccc1-c1ccc2ncc(C3=CCNCC3)nc2c1. The standard InChI is InChI=1S/C41H39ClN6O4/c1-26-31(5-4-6-33(26)30-8-9-35-36(17-30)47-37(22-46-35)29-10-12-44-13-11-29)25-52-40-18-39(51-24-28-15-27(19-43)20-45-21-28)32(16-34(40)42)23-48-14-3-2-7-38(48)41(49)50/h4-6,8-10,15-18,20-22,38,44H,2-3,7,11-14,23-25H2,1H3,(H,49,50). The third kappa shape index (κ3) is 7.92. The van der Waals surface area contributed by atoms with E-state index in [1.807, 2.05) is 29.3 Å². The van der Waals surface area contributed by atoms with Gasteiger partial charge in [0.25, 0.3) is 0 Å². The second-order valence-electron chi connectivity index (χ2n) is 13.2. The fourth-order valence-corrected chi connectivity index (χ4v) is 7.15. The number of aliphatic carboxylic acids is 1. The van der Waals surface area contributed by atoms with Crippen LogP contribution in [0.1, 0.15) is 59.2 Å². The lowest BCUT2D eigenvalue weighted by molar-refractivity contribution is -0.144. The molecule has 2 N–H and O–H groups in total. The van der Waals surface area contributed by atoms with Gasteiger partial charge in [0.1, 0.15) is 36.8 Å². The number of benzene rings is 3. The monoisotopic (exact) mass is 714 g/mol. The maximum atomic E-state index is 12.1. The molecular weight excluding hydrogens is 676 g/mol. The van der Waals surface area contributed by atoms with Crippen LogP contribution in [0.15, 0.2) is 79.3 Å². The van der Waals surface area contributed by atoms with E-state index in [9.17, 15) is 15.2 Å². The van der Waals surface area contributed by atoms with E-state index in [4.69, 9.17) is 26.1 Å². The number of hydrogen-bond donors (Lipinski definition) is 2. The van der Waals surface area contributed by atoms with Crippen LogP contribution in [0.3, 0.4) is 0 Å². The summed E-state index contributed by atoms with van der Waals surface area (Å²) >= 11 is 6.85. The molecule has 3 aromatic carbocycles. The first-order chi connectivity index (χ1) is 25.4. The molecule has 0 aliphatic carbocycles. The predicted octanol–water partition coefficient (Wildman–Crippen LogP) is 7.50. The second-order valence-corrected chi connectivity index (χ2v) is 13.6. The van der Waals surface area contributed by atoms with E-state index in [0.717, 1.165) is 82.5 Å². The van der Waals surface area contributed by atoms with Crippen molar-refractivity contribution >= 4 is 34.2 Å². The number of hydrogen-bond acceptors (Lipinski definition) is 9. The highest BCUT2D eigenvalue weighted by molar-refractivity contribution is 6.32. The minimum absolute atomic E-state index is 0.159. The van der Waals surface area contributed by atoms with Gasteiger partial charge in [-0.2, -0.15) is 5.26 Å². The number of likely N-dealkylation sites (tertiary alicyclic amines) is 1. The number of carbonyl (C=O) groups is 1. The number of aromatic nitrogens is 3. The van der Waals surface area contributed by atoms with Gasteiger partial charge >= 0.3 is 5.97 Å². The number of fused-ring (bicyclic) bond motifs is 1. The Morgan fingerprint density at radius 2 is 1.92 bits per heavy atom. The summed E-state index contributed by atoms with van der Waals surface area (Å²) < 4.78 is 12.7. The minimum atomic E-state index is -0.832. The van der Waals surface area contributed by atoms with Crippen molar-refractivity contribution in [1.82, 2.24) is 25.2 Å². The molecule has 4 heterocycles. The van der Waals surface area contributed by atoms with E-state index >= 15 is 0 Å². The quantitative estimate of drug-likeness (QED) is 0.142. The highest BCUT2D eigenvalue weighted by Crippen LogP contribution is 2.36. The van der Waals surface area contributed by atoms with Gasteiger partial charge in [0.2, 0.25) is 0 Å². The molecule has 1 saturated heterocycles. The maximum absolute atomic E-state index is 12.1. The molecule has 2 aromatic heterocycles. The molecule has 0 amide bonds. The molecule has 7 rings (SSSR count). The predicted molar refractivity (Wildman–Crippen MR) is 200 cm³/mol. The van der Waals surface area contributed by atoms with Crippen molar-refractivity contribution in [2.24, 2.45) is 0 Å². The number of nitrogens with zero attached hydrogens (tertiary/aromatic N) is 5. The Morgan fingerprint density at radius 3 is 2.75 bits per heavy atom. The first-order valence-corrected chi connectivity index (χ1v) is 17.9. The molecule has 1 fully saturated rings. The fourth-order valence-electron chi connectivity index (χ4n) is 6.91. The van der Waals surface area contributed by atoms with E-state index in [1.54, 1.807) is 24.4 Å². The summed E-state index contributed by atoms with van der Waals surface area (Å²) in [6.07, 6.45) is 10.5. The fraction of sp³-hybridized carbons (Fsp3) is 0.293. The highest BCUT2D eigenvalue weighted by atomic mass is 35.5. The van der Waals surface area contributed by atoms with E-state index in [0.29, 0.717) is 41.6 Å². The van der Waals surface area contributed by atoms with Gasteiger partial charge in [-0.1, -0.05) is 48.4 Å². The van der Waals surface area contributed by atoms with Crippen molar-refractivity contribution in [2.75, 3.05) is 19.6 Å². The zero-order chi connectivity index (χ0) is 36.0. The van der Waals surface area contributed by atoms with Crippen molar-refractivity contribution < 1.29 is 19.4 Å². The Balaban J connectivity index is 1.14. The van der Waals surface area contributed by atoms with E-state index in [2.05, 4.69) is 52.6 Å². The zero-order valence-electron chi connectivity index (χ0n) is 28.9. The van der Waals surface area contributed by atoms with Crippen molar-refractivity contribution in [2.45, 2.75) is 58.4 Å². The smallest absolute Gasteiger partial charge is 0.320 e. The normalized spacial score (nSPS) is 16.2. The van der Waals surface area contributed by atoms with Crippen LogP contribution in [0.4, 0.5) is 0 Å². The molecule has 0 radical (unpaired) electrons. The Hall–Kier alpha value is -5.34. The van der Waals surface area contributed by atoms with Gasteiger partial charge in [-0.3, -0.25) is 19.7 Å². The Bertz CT molecular complexity index is 2200. The van der Waals surface area contributed by atoms with Crippen molar-refractivity contribution in [3.63, 3.8) is 0 Å². The molecule has 0 saturated carbocycles. The van der Waals surface area contributed by atoms with Gasteiger partial charge in [0, 0.05) is 42.7 Å². The van der Waals surface area contributed by atoms with Crippen LogP contribution < -0.4 is 14.8 Å². The van der Waals surface area contributed by atoms with E-state index in [-0.39, 0.29) is 13.2 Å². The molecule has 10 nitrogen and oxygen atoms in total. The van der Waals surface area contributed by atoms with Gasteiger partial charge in [-0.15, -0.1) is 0 Å². The number of piperidine rings is 1. The molecule has 0 spiro atoms. The summed E-state index contributed by atoms with van der Waals surface area (Å²) in [5, 5.41) is 23.0. The lowest BCUT2D eigenvalue weighted by atomic mass is 9.96. The molecule has 2 aliphatic heterocycles. The lowest BCUT2D eigenvalue weighted by Gasteiger charge is -2.33. The molecule has 0 bridgehead atoms. The average molecular weight is 715 g/mol. The van der Waals surface area contributed by atoms with Gasteiger partial charge < -0.3 is 19.9 Å². The number of nitriles is 1. The maximum Gasteiger partial charge on any atom is 0.320 e. The van der Waals surface area contributed by atoms with Crippen molar-refractivity contribution in [3.8, 4) is 28.7 Å². The van der Waals surface area contributed by atoms with Crippen molar-refractivity contribution in [1.29, 1.82) is 5.26 Å².